The van der Waals surface area contributed by atoms with Gasteiger partial charge in [-0.3, -0.25) is 59.6 Å². The smallest absolute Gasteiger partial charge is 0.313 e. The molecule has 2 heterocycles. The quantitative estimate of drug-likeness (QED) is 0.0813. The van der Waals surface area contributed by atoms with Crippen LogP contribution in [0.15, 0.2) is 42.5 Å². The number of rotatable bonds is 21. The molecule has 2 aromatic rings. The summed E-state index contributed by atoms with van der Waals surface area (Å²) in [5.41, 5.74) is 5.43. The highest BCUT2D eigenvalue weighted by atomic mass is 35.5. The van der Waals surface area contributed by atoms with Crippen molar-refractivity contribution >= 4 is 59.3 Å². The monoisotopic (exact) mass is 934 g/mol. The third-order valence-corrected chi connectivity index (χ3v) is 9.32. The van der Waals surface area contributed by atoms with Crippen molar-refractivity contribution in [3.63, 3.8) is 0 Å². The molecule has 1 saturated heterocycles. The Morgan fingerprint density at radius 3 is 1.73 bits per heavy atom. The Balaban J connectivity index is 0.000000496. The van der Waals surface area contributed by atoms with Gasteiger partial charge in [-0.15, -0.1) is 12.4 Å². The Kier molecular flexibility index (Phi) is 22.5. The van der Waals surface area contributed by atoms with Crippen molar-refractivity contribution in [2.75, 3.05) is 64.9 Å². The number of hydrogen-bond acceptors (Lipinski definition) is 20. The second kappa shape index (κ2) is 26.6. The molecule has 348 valence electrons. The van der Waals surface area contributed by atoms with Gasteiger partial charge in [0.15, 0.2) is 24.6 Å². The minimum atomic E-state index is -2.22. The van der Waals surface area contributed by atoms with Crippen molar-refractivity contribution in [3.8, 4) is 0 Å². The minimum absolute atomic E-state index is 0. The molecule has 1 N–H and O–H groups in total. The molecule has 0 amide bonds. The van der Waals surface area contributed by atoms with Crippen molar-refractivity contribution in [3.05, 3.63) is 99.1 Å². The van der Waals surface area contributed by atoms with Crippen LogP contribution in [0, 0.1) is 40.5 Å². The molecule has 2 aromatic carbocycles. The van der Waals surface area contributed by atoms with Gasteiger partial charge in [0.05, 0.1) is 0 Å². The summed E-state index contributed by atoms with van der Waals surface area (Å²) in [6.45, 7) is -2.35. The van der Waals surface area contributed by atoms with Crippen LogP contribution >= 0.6 is 24.0 Å². The molecular weight excluding hydrogens is 887 g/mol. The molecule has 4 rings (SSSR count). The molecule has 5 unspecified atom stereocenters. The summed E-state index contributed by atoms with van der Waals surface area (Å²) in [5, 5.41) is 53.5. The van der Waals surface area contributed by atoms with E-state index in [4.69, 9.17) is 35.3 Å². The summed E-state index contributed by atoms with van der Waals surface area (Å²) in [4.78, 5) is 92.0. The Morgan fingerprint density at radius 1 is 0.730 bits per heavy atom. The topological polar surface area (TPSA) is 314 Å². The summed E-state index contributed by atoms with van der Waals surface area (Å²) in [6.07, 6.45) is -9.87. The summed E-state index contributed by atoms with van der Waals surface area (Å²) >= 11 is 6.27. The first kappa shape index (κ1) is 53.3. The van der Waals surface area contributed by atoms with Crippen molar-refractivity contribution < 1.29 is 67.7 Å². The number of carbonyl (C=O) groups is 4. The fraction of sp³-hybridized carbons (Fsp3) is 0.568. The summed E-state index contributed by atoms with van der Waals surface area (Å²) < 4.78 is 25.1. The Morgan fingerprint density at radius 2 is 1.21 bits per heavy atom. The highest BCUT2D eigenvalue weighted by Crippen LogP contribution is 2.37. The third kappa shape index (κ3) is 18.6. The van der Waals surface area contributed by atoms with E-state index in [9.17, 15) is 64.7 Å². The maximum absolute atomic E-state index is 12.3. The molecule has 0 aromatic heterocycles. The first-order valence-corrected chi connectivity index (χ1v) is 19.6. The molecule has 0 bridgehead atoms. The highest BCUT2D eigenvalue weighted by molar-refractivity contribution is 6.30. The predicted octanol–water partition coefficient (Wildman–Crippen LogP) is 2.60. The van der Waals surface area contributed by atoms with E-state index in [1.54, 1.807) is 0 Å². The van der Waals surface area contributed by atoms with Crippen LogP contribution in [0.4, 0.5) is 11.4 Å². The third-order valence-electron chi connectivity index (χ3n) is 9.09. The summed E-state index contributed by atoms with van der Waals surface area (Å²) in [7, 11) is 4.25. The van der Waals surface area contributed by atoms with Crippen LogP contribution in [-0.4, -0.2) is 144 Å². The van der Waals surface area contributed by atoms with Gasteiger partial charge in [-0.1, -0.05) is 35.9 Å². The Labute approximate surface area is 370 Å². The second-order valence-electron chi connectivity index (χ2n) is 14.0. The van der Waals surface area contributed by atoms with Crippen molar-refractivity contribution in [1.82, 2.24) is 4.90 Å². The van der Waals surface area contributed by atoms with Crippen LogP contribution in [-0.2, 0) is 55.7 Å². The number of aliphatic hydroxyl groups is 1. The molecule has 1 fully saturated rings. The van der Waals surface area contributed by atoms with Crippen molar-refractivity contribution in [1.29, 1.82) is 0 Å². The van der Waals surface area contributed by atoms with E-state index in [1.165, 1.54) is 22.5 Å². The van der Waals surface area contributed by atoms with Crippen LogP contribution in [0.3, 0.4) is 0 Å². The van der Waals surface area contributed by atoms with Gasteiger partial charge < -0.3 is 38.6 Å². The normalized spacial score (nSPS) is 18.7. The lowest BCUT2D eigenvalue weighted by Gasteiger charge is -2.42. The molecule has 26 heteroatoms. The molecule has 2 aliphatic heterocycles. The molecule has 63 heavy (non-hydrogen) atoms. The number of carbonyl (C=O) groups excluding carboxylic acids is 4. The summed E-state index contributed by atoms with van der Waals surface area (Å²) in [5.74, 6) is -5.06. The average molecular weight is 936 g/mol. The Bertz CT molecular complexity index is 1930. The van der Waals surface area contributed by atoms with E-state index in [2.05, 4.69) is 60.3 Å². The van der Waals surface area contributed by atoms with Gasteiger partial charge in [0, 0.05) is 42.6 Å². The standard InChI is InChI=1S/C19H23ClN2.C18H24N4O18.ClH/c1-21(2)12-5-13-22-18-7-4-3-6-15(18)8-9-16-10-11-17(20)14-19(16)22;23-11(1-5-19(28)29)36-9-10-15(38-12(24)2-6-20(30)31)16(39-13(25)3-7-21(32)33)17(18(27)37-10)40-14(26)4-8-22(34)35;/h3-4,6-7,10-11,14H,5,8-9,12-13H2,1-2H3;10,15-18,27H,1-9H2;1H. The van der Waals surface area contributed by atoms with E-state index in [0.29, 0.717) is 0 Å². The zero-order valence-corrected chi connectivity index (χ0v) is 35.8. The van der Waals surface area contributed by atoms with Crippen LogP contribution in [0.2, 0.25) is 5.02 Å². The van der Waals surface area contributed by atoms with Gasteiger partial charge >= 0.3 is 23.9 Å². The van der Waals surface area contributed by atoms with Crippen molar-refractivity contribution in [2.24, 2.45) is 0 Å². The number of esters is 4. The first-order valence-electron chi connectivity index (χ1n) is 19.2. The number of fused-ring (bicyclic) bond motifs is 2. The second-order valence-corrected chi connectivity index (χ2v) is 14.5. The van der Waals surface area contributed by atoms with Crippen LogP contribution in [0.1, 0.15) is 43.2 Å². The maximum atomic E-state index is 12.3. The molecule has 2 aliphatic rings. The molecule has 0 saturated carbocycles. The largest absolute Gasteiger partial charge is 0.463 e. The van der Waals surface area contributed by atoms with E-state index in [-0.39, 0.29) is 12.4 Å². The molecule has 0 radical (unpaired) electrons. The van der Waals surface area contributed by atoms with Gasteiger partial charge in [0.1, 0.15) is 38.4 Å². The Hall–Kier alpha value is -5.82. The van der Waals surface area contributed by atoms with Crippen LogP contribution < -0.4 is 4.90 Å². The lowest BCUT2D eigenvalue weighted by Crippen LogP contribution is -2.62. The number of ether oxygens (including phenoxy) is 5. The number of halogens is 2. The zero-order valence-electron chi connectivity index (χ0n) is 34.2. The van der Waals surface area contributed by atoms with Gasteiger partial charge in [-0.25, -0.2) is 0 Å². The number of nitro groups is 4. The number of para-hydroxylation sites is 1. The lowest BCUT2D eigenvalue weighted by molar-refractivity contribution is -0.479. The fourth-order valence-electron chi connectivity index (χ4n) is 6.21. The number of aryl methyl sites for hydroxylation is 2. The number of benzene rings is 2. The van der Waals surface area contributed by atoms with Crippen molar-refractivity contribution in [2.45, 2.75) is 75.7 Å². The molecule has 24 nitrogen and oxygen atoms in total. The van der Waals surface area contributed by atoms with E-state index in [1.807, 2.05) is 6.07 Å². The average Bonchev–Trinajstić information content (AvgIpc) is 3.35. The predicted molar refractivity (Wildman–Crippen MR) is 220 cm³/mol. The van der Waals surface area contributed by atoms with Crippen LogP contribution in [0.5, 0.6) is 0 Å². The van der Waals surface area contributed by atoms with E-state index < -0.39 is 133 Å². The van der Waals surface area contributed by atoms with Gasteiger partial charge in [0.25, 0.3) is 0 Å². The molecule has 0 aliphatic carbocycles. The van der Waals surface area contributed by atoms with Crippen LogP contribution in [0.25, 0.3) is 0 Å². The number of aliphatic hydroxyl groups excluding tert-OH is 1. The number of hydrogen-bond donors (Lipinski definition) is 1. The maximum Gasteiger partial charge on any atom is 0.313 e. The number of anilines is 2. The van der Waals surface area contributed by atoms with Gasteiger partial charge in [-0.05, 0) is 69.2 Å². The molecule has 0 spiro atoms. The molecule has 5 atom stereocenters. The van der Waals surface area contributed by atoms with Gasteiger partial charge in [-0.2, -0.15) is 0 Å². The minimum Gasteiger partial charge on any atom is -0.463 e. The number of nitrogens with zero attached hydrogens (tertiary/aromatic N) is 6. The fourth-order valence-corrected chi connectivity index (χ4v) is 6.38. The van der Waals surface area contributed by atoms with E-state index >= 15 is 0 Å². The van der Waals surface area contributed by atoms with Gasteiger partial charge in [0.2, 0.25) is 26.2 Å². The molecular formula is C37H48Cl2N6O18. The SMILES string of the molecule is CN(C)CCCN1c2ccccc2CCc2ccc(Cl)cc21.Cl.O=C(CC[N+](=O)[O-])OCC1OC(O)C(OC(=O)CC[N+](=O)[O-])C(OC(=O)CC[N+](=O)[O-])C1OC(=O)CC[N+](=O)[O-]. The van der Waals surface area contributed by atoms with E-state index in [0.717, 1.165) is 37.4 Å². The highest BCUT2D eigenvalue weighted by Gasteiger charge is 2.52. The zero-order chi connectivity index (χ0) is 45.9. The first-order chi connectivity index (χ1) is 29.3. The summed E-state index contributed by atoms with van der Waals surface area (Å²) in [6, 6.07) is 15.1. The lowest BCUT2D eigenvalue weighted by atomic mass is 9.98.